The topological polar surface area (TPSA) is 70.6 Å². The van der Waals surface area contributed by atoms with Gasteiger partial charge in [-0.2, -0.15) is 0 Å². The molecule has 3 rings (SSSR count). The molecule has 1 N–H and O–H groups in total. The second-order valence-corrected chi connectivity index (χ2v) is 6.46. The molecule has 1 aromatic heterocycles. The molecule has 27 heavy (non-hydrogen) atoms. The molecule has 1 aliphatic heterocycles. The fourth-order valence-electron chi connectivity index (χ4n) is 2.83. The molecule has 2 heterocycles. The second kappa shape index (κ2) is 8.85. The quantitative estimate of drug-likeness (QED) is 0.863. The van der Waals surface area contributed by atoms with E-state index in [1.807, 2.05) is 11.8 Å². The highest BCUT2D eigenvalue weighted by atomic mass is 35.5. The van der Waals surface area contributed by atoms with E-state index in [2.05, 4.69) is 20.2 Å². The Morgan fingerprint density at radius 1 is 1.26 bits per heavy atom. The van der Waals surface area contributed by atoms with Gasteiger partial charge in [-0.15, -0.1) is 0 Å². The van der Waals surface area contributed by atoms with Gasteiger partial charge >= 0.3 is 6.03 Å². The molecule has 1 aromatic carbocycles. The van der Waals surface area contributed by atoms with Crippen molar-refractivity contribution in [2.75, 3.05) is 37.6 Å². The summed E-state index contributed by atoms with van der Waals surface area (Å²) in [5.41, 5.74) is 0. The van der Waals surface area contributed by atoms with Crippen LogP contribution in [-0.2, 0) is 0 Å². The van der Waals surface area contributed by atoms with Crippen molar-refractivity contribution in [1.82, 2.24) is 20.2 Å². The van der Waals surface area contributed by atoms with Gasteiger partial charge in [0.1, 0.15) is 23.7 Å². The number of nitrogens with zero attached hydrogens (tertiary/aromatic N) is 4. The van der Waals surface area contributed by atoms with E-state index in [1.165, 1.54) is 24.5 Å². The van der Waals surface area contributed by atoms with Crippen LogP contribution in [0, 0.1) is 5.82 Å². The van der Waals surface area contributed by atoms with E-state index in [-0.39, 0.29) is 11.1 Å². The summed E-state index contributed by atoms with van der Waals surface area (Å²) in [5.74, 6) is 0.941. The molecule has 0 atom stereocenters. The summed E-state index contributed by atoms with van der Waals surface area (Å²) in [5, 5.41) is 2.81. The van der Waals surface area contributed by atoms with Crippen LogP contribution in [0.5, 0.6) is 11.6 Å². The van der Waals surface area contributed by atoms with Gasteiger partial charge in [0.2, 0.25) is 5.88 Å². The molecule has 0 aliphatic carbocycles. The summed E-state index contributed by atoms with van der Waals surface area (Å²) in [4.78, 5) is 24.3. The molecule has 9 heteroatoms. The molecule has 0 spiro atoms. The number of hydrogen-bond donors (Lipinski definition) is 1. The van der Waals surface area contributed by atoms with Crippen LogP contribution in [0.4, 0.5) is 15.0 Å². The van der Waals surface area contributed by atoms with E-state index < -0.39 is 5.82 Å². The lowest BCUT2D eigenvalue weighted by atomic mass is 10.3. The number of urea groups is 1. The molecule has 0 saturated carbocycles. The lowest BCUT2D eigenvalue weighted by molar-refractivity contribution is 0.202. The summed E-state index contributed by atoms with van der Waals surface area (Å²) in [6.07, 6.45) is 2.26. The maximum Gasteiger partial charge on any atom is 0.317 e. The SMILES string of the molecule is CCNC(=O)N1CCCN(c2cc(Oc3ccc(F)c(Cl)c3)ncn2)CC1. The Labute approximate surface area is 162 Å². The van der Waals surface area contributed by atoms with Gasteiger partial charge in [-0.3, -0.25) is 0 Å². The summed E-state index contributed by atoms with van der Waals surface area (Å²) >= 11 is 5.78. The molecule has 2 aromatic rings. The predicted molar refractivity (Wildman–Crippen MR) is 101 cm³/mol. The minimum atomic E-state index is -0.506. The van der Waals surface area contributed by atoms with E-state index in [4.69, 9.17) is 16.3 Å². The van der Waals surface area contributed by atoms with Crippen molar-refractivity contribution >= 4 is 23.4 Å². The molecular weight excluding hydrogens is 373 g/mol. The van der Waals surface area contributed by atoms with E-state index in [0.29, 0.717) is 43.6 Å². The maximum atomic E-state index is 13.3. The Hall–Kier alpha value is -2.61. The van der Waals surface area contributed by atoms with Gasteiger partial charge in [-0.1, -0.05) is 11.6 Å². The fraction of sp³-hybridized carbons (Fsp3) is 0.389. The Balaban J connectivity index is 1.68. The van der Waals surface area contributed by atoms with Crippen LogP contribution in [0.1, 0.15) is 13.3 Å². The number of halogens is 2. The van der Waals surface area contributed by atoms with Gasteiger partial charge in [0, 0.05) is 44.9 Å². The number of hydrogen-bond acceptors (Lipinski definition) is 5. The number of carbonyl (C=O) groups is 1. The first-order valence-electron chi connectivity index (χ1n) is 8.79. The first-order valence-corrected chi connectivity index (χ1v) is 9.17. The van der Waals surface area contributed by atoms with E-state index in [9.17, 15) is 9.18 Å². The number of carbonyl (C=O) groups excluding carboxylic acids is 1. The Bertz CT molecular complexity index is 807. The summed E-state index contributed by atoms with van der Waals surface area (Å²) in [6.45, 7) is 5.26. The van der Waals surface area contributed by atoms with Gasteiger partial charge < -0.3 is 19.9 Å². The number of benzene rings is 1. The summed E-state index contributed by atoms with van der Waals surface area (Å²) in [7, 11) is 0. The smallest absolute Gasteiger partial charge is 0.317 e. The minimum Gasteiger partial charge on any atom is -0.439 e. The zero-order valence-electron chi connectivity index (χ0n) is 15.0. The van der Waals surface area contributed by atoms with E-state index in [0.717, 1.165) is 13.0 Å². The van der Waals surface area contributed by atoms with Gasteiger partial charge in [0.25, 0.3) is 0 Å². The van der Waals surface area contributed by atoms with Crippen LogP contribution in [0.2, 0.25) is 5.02 Å². The molecule has 1 aliphatic rings. The Morgan fingerprint density at radius 2 is 2.11 bits per heavy atom. The lowest BCUT2D eigenvalue weighted by Gasteiger charge is -2.23. The van der Waals surface area contributed by atoms with Crippen LogP contribution in [0.15, 0.2) is 30.6 Å². The third-order valence-electron chi connectivity index (χ3n) is 4.18. The van der Waals surface area contributed by atoms with Crippen molar-refractivity contribution < 1.29 is 13.9 Å². The number of rotatable bonds is 4. The van der Waals surface area contributed by atoms with Crippen molar-refractivity contribution in [3.8, 4) is 11.6 Å². The van der Waals surface area contributed by atoms with Crippen LogP contribution >= 0.6 is 11.6 Å². The van der Waals surface area contributed by atoms with Gasteiger partial charge in [0.05, 0.1) is 5.02 Å². The lowest BCUT2D eigenvalue weighted by Crippen LogP contribution is -2.42. The highest BCUT2D eigenvalue weighted by Crippen LogP contribution is 2.26. The zero-order chi connectivity index (χ0) is 19.2. The fourth-order valence-corrected chi connectivity index (χ4v) is 3.00. The first kappa shape index (κ1) is 19.2. The van der Waals surface area contributed by atoms with E-state index in [1.54, 1.807) is 6.07 Å². The maximum absolute atomic E-state index is 13.3. The number of amides is 2. The Kier molecular flexibility index (Phi) is 6.28. The van der Waals surface area contributed by atoms with Crippen LogP contribution < -0.4 is 15.0 Å². The Morgan fingerprint density at radius 3 is 2.89 bits per heavy atom. The molecule has 0 bridgehead atoms. The predicted octanol–water partition coefficient (Wildman–Crippen LogP) is 3.30. The third kappa shape index (κ3) is 4.97. The average Bonchev–Trinajstić information content (AvgIpc) is 2.92. The summed E-state index contributed by atoms with van der Waals surface area (Å²) < 4.78 is 18.9. The number of aromatic nitrogens is 2. The van der Waals surface area contributed by atoms with Crippen molar-refractivity contribution in [1.29, 1.82) is 0 Å². The molecule has 2 amide bonds. The van der Waals surface area contributed by atoms with Crippen LogP contribution in [0.25, 0.3) is 0 Å². The molecule has 0 unspecified atom stereocenters. The first-order chi connectivity index (χ1) is 13.1. The van der Waals surface area contributed by atoms with Crippen molar-refractivity contribution in [3.05, 3.63) is 41.4 Å². The van der Waals surface area contributed by atoms with E-state index >= 15 is 0 Å². The summed E-state index contributed by atoms with van der Waals surface area (Å²) in [6, 6.07) is 5.80. The van der Waals surface area contributed by atoms with Crippen molar-refractivity contribution in [2.24, 2.45) is 0 Å². The monoisotopic (exact) mass is 393 g/mol. The van der Waals surface area contributed by atoms with Gasteiger partial charge in [-0.05, 0) is 25.5 Å². The molecule has 7 nitrogen and oxygen atoms in total. The largest absolute Gasteiger partial charge is 0.439 e. The number of ether oxygens (including phenoxy) is 1. The van der Waals surface area contributed by atoms with Gasteiger partial charge in [0.15, 0.2) is 0 Å². The standard InChI is InChI=1S/C18H21ClFN5O2/c1-2-21-18(26)25-7-3-6-24(8-9-25)16-11-17(23-12-22-16)27-13-4-5-15(20)14(19)10-13/h4-5,10-12H,2-3,6-9H2,1H3,(H,21,26). The van der Waals surface area contributed by atoms with Crippen LogP contribution in [0.3, 0.4) is 0 Å². The van der Waals surface area contributed by atoms with Crippen molar-refractivity contribution in [2.45, 2.75) is 13.3 Å². The second-order valence-electron chi connectivity index (χ2n) is 6.06. The molecule has 144 valence electrons. The number of anilines is 1. The number of nitrogens with one attached hydrogen (secondary N) is 1. The average molecular weight is 394 g/mol. The highest BCUT2D eigenvalue weighted by Gasteiger charge is 2.20. The van der Waals surface area contributed by atoms with Crippen LogP contribution in [-0.4, -0.2) is 53.6 Å². The third-order valence-corrected chi connectivity index (χ3v) is 4.47. The normalized spacial score (nSPS) is 14.6. The molecule has 0 radical (unpaired) electrons. The van der Waals surface area contributed by atoms with Crippen molar-refractivity contribution in [3.63, 3.8) is 0 Å². The zero-order valence-corrected chi connectivity index (χ0v) is 15.7. The minimum absolute atomic E-state index is 0.0141. The molecule has 1 fully saturated rings. The molecule has 1 saturated heterocycles. The van der Waals surface area contributed by atoms with Gasteiger partial charge in [-0.25, -0.2) is 19.2 Å². The highest BCUT2D eigenvalue weighted by molar-refractivity contribution is 6.30. The molecular formula is C18H21ClFN5O2.